The van der Waals surface area contributed by atoms with Crippen LogP contribution >= 0.6 is 15.9 Å². The molecule has 1 aromatic carbocycles. The zero-order valence-electron chi connectivity index (χ0n) is 13.5. The van der Waals surface area contributed by atoms with Crippen molar-refractivity contribution in [3.05, 3.63) is 52.3 Å². The van der Waals surface area contributed by atoms with Gasteiger partial charge in [0.15, 0.2) is 0 Å². The number of carbonyl (C=O) groups excluding carboxylic acids is 1. The fourth-order valence-corrected chi connectivity index (χ4v) is 2.92. The van der Waals surface area contributed by atoms with Crippen molar-refractivity contribution in [3.8, 4) is 6.01 Å². The number of halogens is 4. The lowest BCUT2D eigenvalue weighted by atomic mass is 10.1. The van der Waals surface area contributed by atoms with Gasteiger partial charge in [-0.15, -0.1) is 0 Å². The Morgan fingerprint density at radius 2 is 1.85 bits per heavy atom. The molecule has 1 aromatic heterocycles. The van der Waals surface area contributed by atoms with Crippen LogP contribution in [0.15, 0.2) is 41.1 Å². The second kappa shape index (κ2) is 7.61. The normalized spacial score (nSPS) is 17.8. The van der Waals surface area contributed by atoms with Gasteiger partial charge in [-0.05, 0) is 53.0 Å². The Hall–Kier alpha value is -2.16. The van der Waals surface area contributed by atoms with Gasteiger partial charge < -0.3 is 9.64 Å². The number of nitrogens with zero attached hydrogens (tertiary/aromatic N) is 3. The van der Waals surface area contributed by atoms with Crippen LogP contribution < -0.4 is 4.74 Å². The summed E-state index contributed by atoms with van der Waals surface area (Å²) in [4.78, 5) is 22.2. The quantitative estimate of drug-likeness (QED) is 0.741. The summed E-state index contributed by atoms with van der Waals surface area (Å²) in [5.41, 5.74) is -0.556. The lowest BCUT2D eigenvalue weighted by molar-refractivity contribution is -0.137. The summed E-state index contributed by atoms with van der Waals surface area (Å²) in [6.45, 7) is 0.861. The van der Waals surface area contributed by atoms with Crippen LogP contribution in [0.2, 0.25) is 0 Å². The van der Waals surface area contributed by atoms with Gasteiger partial charge in [-0.1, -0.05) is 0 Å². The Bertz CT molecular complexity index is 766. The van der Waals surface area contributed by atoms with Crippen LogP contribution in [0.5, 0.6) is 6.01 Å². The number of benzene rings is 1. The van der Waals surface area contributed by atoms with Crippen molar-refractivity contribution in [1.29, 1.82) is 0 Å². The zero-order chi connectivity index (χ0) is 18.7. The molecule has 0 N–H and O–H groups in total. The molecule has 2 aromatic rings. The van der Waals surface area contributed by atoms with E-state index in [1.165, 1.54) is 12.1 Å². The minimum Gasteiger partial charge on any atom is -0.458 e. The van der Waals surface area contributed by atoms with Crippen LogP contribution in [0.25, 0.3) is 0 Å². The molecule has 0 radical (unpaired) electrons. The molecule has 1 aliphatic heterocycles. The Balaban J connectivity index is 1.65. The van der Waals surface area contributed by atoms with E-state index in [4.69, 9.17) is 4.74 Å². The Morgan fingerprint density at radius 3 is 2.46 bits per heavy atom. The standard InChI is InChI=1S/C17H15BrF3N3O2/c18-13-8-22-16(23-9-13)26-14-2-1-7-24(10-14)15(25)11-3-5-12(6-4-11)17(19,20)21/h3-6,8-9,14H,1-2,7,10H2/t14-/m0/s1. The number of rotatable bonds is 3. The Morgan fingerprint density at radius 1 is 1.19 bits per heavy atom. The molecular weight excluding hydrogens is 415 g/mol. The molecule has 3 rings (SSSR count). The summed E-state index contributed by atoms with van der Waals surface area (Å²) in [5.74, 6) is -0.316. The van der Waals surface area contributed by atoms with Gasteiger partial charge in [0.1, 0.15) is 6.10 Å². The molecule has 1 aliphatic rings. The zero-order valence-corrected chi connectivity index (χ0v) is 15.1. The molecule has 26 heavy (non-hydrogen) atoms. The van der Waals surface area contributed by atoms with Crippen LogP contribution in [-0.2, 0) is 6.18 Å². The molecule has 5 nitrogen and oxygen atoms in total. The van der Waals surface area contributed by atoms with E-state index in [1.807, 2.05) is 0 Å². The van der Waals surface area contributed by atoms with Gasteiger partial charge in [0.2, 0.25) is 0 Å². The van der Waals surface area contributed by atoms with Crippen LogP contribution in [0, 0.1) is 0 Å². The Kier molecular flexibility index (Phi) is 5.45. The van der Waals surface area contributed by atoms with Crippen LogP contribution in [0.4, 0.5) is 13.2 Å². The van der Waals surface area contributed by atoms with Crippen LogP contribution in [0.3, 0.4) is 0 Å². The molecule has 0 aliphatic carbocycles. The summed E-state index contributed by atoms with van der Waals surface area (Å²) in [6.07, 6.45) is -0.0736. The van der Waals surface area contributed by atoms with E-state index < -0.39 is 11.7 Å². The highest BCUT2D eigenvalue weighted by Gasteiger charge is 2.31. The highest BCUT2D eigenvalue weighted by molar-refractivity contribution is 9.10. The second-order valence-electron chi connectivity index (χ2n) is 5.89. The van der Waals surface area contributed by atoms with Crippen molar-refractivity contribution in [2.75, 3.05) is 13.1 Å². The average Bonchev–Trinajstić information content (AvgIpc) is 2.63. The van der Waals surface area contributed by atoms with Gasteiger partial charge in [-0.25, -0.2) is 9.97 Å². The number of ether oxygens (including phenoxy) is 1. The monoisotopic (exact) mass is 429 g/mol. The molecule has 1 amide bonds. The largest absolute Gasteiger partial charge is 0.458 e. The van der Waals surface area contributed by atoms with Crippen molar-refractivity contribution in [2.45, 2.75) is 25.1 Å². The van der Waals surface area contributed by atoms with Crippen molar-refractivity contribution in [1.82, 2.24) is 14.9 Å². The molecule has 1 atom stereocenters. The first-order chi connectivity index (χ1) is 12.3. The van der Waals surface area contributed by atoms with Crippen molar-refractivity contribution >= 4 is 21.8 Å². The molecule has 0 bridgehead atoms. The van der Waals surface area contributed by atoms with Crippen molar-refractivity contribution < 1.29 is 22.7 Å². The lowest BCUT2D eigenvalue weighted by Gasteiger charge is -2.32. The summed E-state index contributed by atoms with van der Waals surface area (Å²) in [7, 11) is 0. The van der Waals surface area contributed by atoms with E-state index in [0.717, 1.165) is 29.4 Å². The minimum atomic E-state index is -4.42. The highest BCUT2D eigenvalue weighted by atomic mass is 79.9. The third-order valence-electron chi connectivity index (χ3n) is 3.99. The van der Waals surface area contributed by atoms with E-state index in [-0.39, 0.29) is 23.6 Å². The first-order valence-corrected chi connectivity index (χ1v) is 8.73. The summed E-state index contributed by atoms with van der Waals surface area (Å²) in [6, 6.07) is 4.46. The van der Waals surface area contributed by atoms with E-state index in [0.29, 0.717) is 13.1 Å². The number of aromatic nitrogens is 2. The van der Waals surface area contributed by atoms with Gasteiger partial charge in [0.25, 0.3) is 5.91 Å². The fraction of sp³-hybridized carbons (Fsp3) is 0.353. The van der Waals surface area contributed by atoms with E-state index >= 15 is 0 Å². The number of likely N-dealkylation sites (tertiary alicyclic amines) is 1. The van der Waals surface area contributed by atoms with Crippen molar-refractivity contribution in [2.24, 2.45) is 0 Å². The van der Waals surface area contributed by atoms with E-state index in [2.05, 4.69) is 25.9 Å². The third kappa shape index (κ3) is 4.51. The van der Waals surface area contributed by atoms with Gasteiger partial charge in [-0.2, -0.15) is 13.2 Å². The predicted molar refractivity (Wildman–Crippen MR) is 90.7 cm³/mol. The molecule has 0 unspecified atom stereocenters. The number of hydrogen-bond donors (Lipinski definition) is 0. The number of piperidine rings is 1. The summed E-state index contributed by atoms with van der Waals surface area (Å²) >= 11 is 3.24. The van der Waals surface area contributed by atoms with Gasteiger partial charge >= 0.3 is 12.2 Å². The second-order valence-corrected chi connectivity index (χ2v) is 6.81. The molecular formula is C17H15BrF3N3O2. The first kappa shape index (κ1) is 18.6. The first-order valence-electron chi connectivity index (χ1n) is 7.93. The average molecular weight is 430 g/mol. The molecule has 138 valence electrons. The smallest absolute Gasteiger partial charge is 0.416 e. The summed E-state index contributed by atoms with van der Waals surface area (Å²) in [5, 5.41) is 0. The molecule has 0 saturated carbocycles. The molecule has 1 fully saturated rings. The lowest BCUT2D eigenvalue weighted by Crippen LogP contribution is -2.44. The molecule has 2 heterocycles. The van der Waals surface area contributed by atoms with Gasteiger partial charge in [0.05, 0.1) is 16.6 Å². The van der Waals surface area contributed by atoms with E-state index in [9.17, 15) is 18.0 Å². The Labute approximate surface area is 156 Å². The SMILES string of the molecule is O=C(c1ccc(C(F)(F)F)cc1)N1CCC[C@H](Oc2ncc(Br)cn2)C1. The maximum Gasteiger partial charge on any atom is 0.416 e. The number of hydrogen-bond acceptors (Lipinski definition) is 4. The van der Waals surface area contributed by atoms with E-state index in [1.54, 1.807) is 17.3 Å². The van der Waals surface area contributed by atoms with Crippen LogP contribution in [0.1, 0.15) is 28.8 Å². The minimum absolute atomic E-state index is 0.221. The van der Waals surface area contributed by atoms with Crippen LogP contribution in [-0.4, -0.2) is 40.0 Å². The number of carbonyl (C=O) groups is 1. The topological polar surface area (TPSA) is 55.3 Å². The van der Waals surface area contributed by atoms with Gasteiger partial charge in [-0.3, -0.25) is 4.79 Å². The highest BCUT2D eigenvalue weighted by Crippen LogP contribution is 2.29. The summed E-state index contributed by atoms with van der Waals surface area (Å²) < 4.78 is 44.3. The molecule has 1 saturated heterocycles. The van der Waals surface area contributed by atoms with Crippen molar-refractivity contribution in [3.63, 3.8) is 0 Å². The maximum absolute atomic E-state index is 12.6. The fourth-order valence-electron chi connectivity index (χ4n) is 2.71. The maximum atomic E-state index is 12.6. The number of amides is 1. The number of alkyl halides is 3. The molecule has 0 spiro atoms. The predicted octanol–water partition coefficient (Wildman–Crippen LogP) is 3.94. The third-order valence-corrected chi connectivity index (χ3v) is 4.40. The molecule has 9 heteroatoms. The van der Waals surface area contributed by atoms with Gasteiger partial charge in [0, 0.05) is 24.5 Å².